The van der Waals surface area contributed by atoms with E-state index in [2.05, 4.69) is 16.7 Å². The zero-order valence-electron chi connectivity index (χ0n) is 10.5. The Morgan fingerprint density at radius 3 is 2.94 bits per heavy atom. The van der Waals surface area contributed by atoms with E-state index >= 15 is 0 Å². The van der Waals surface area contributed by atoms with Crippen molar-refractivity contribution in [3.05, 3.63) is 29.3 Å². The molecule has 18 heavy (non-hydrogen) atoms. The summed E-state index contributed by atoms with van der Waals surface area (Å²) in [7, 11) is 0. The van der Waals surface area contributed by atoms with Crippen molar-refractivity contribution in [1.29, 1.82) is 5.26 Å². The van der Waals surface area contributed by atoms with Crippen LogP contribution in [0, 0.1) is 18.3 Å². The Morgan fingerprint density at radius 2 is 2.28 bits per heavy atom. The summed E-state index contributed by atoms with van der Waals surface area (Å²) in [5.74, 6) is 0.0793. The number of nitrogens with one attached hydrogen (secondary N) is 2. The zero-order chi connectivity index (χ0) is 13.0. The highest BCUT2D eigenvalue weighted by Crippen LogP contribution is 2.19. The van der Waals surface area contributed by atoms with E-state index in [1.165, 1.54) is 0 Å². The standard InChI is InChI=1S/C14H17N3O/c1-10-2-5-13(11(8-10)9-15)16-7-6-14(18)17-12-3-4-12/h2,5,8,12,16H,3-4,6-7H2,1H3,(H,17,18). The maximum absolute atomic E-state index is 11.5. The van der Waals surface area contributed by atoms with Gasteiger partial charge in [-0.25, -0.2) is 0 Å². The van der Waals surface area contributed by atoms with Crippen LogP contribution in [0.5, 0.6) is 0 Å². The minimum Gasteiger partial charge on any atom is -0.383 e. The molecular formula is C14H17N3O. The molecule has 1 saturated carbocycles. The second kappa shape index (κ2) is 5.54. The van der Waals surface area contributed by atoms with Crippen molar-refractivity contribution in [3.63, 3.8) is 0 Å². The van der Waals surface area contributed by atoms with Crippen LogP contribution in [0.4, 0.5) is 5.69 Å². The predicted octanol–water partition coefficient (Wildman–Crippen LogP) is 1.95. The monoisotopic (exact) mass is 243 g/mol. The van der Waals surface area contributed by atoms with Crippen molar-refractivity contribution in [3.8, 4) is 6.07 Å². The molecule has 1 aromatic carbocycles. The number of nitriles is 1. The maximum Gasteiger partial charge on any atom is 0.221 e. The molecule has 1 aliphatic rings. The maximum atomic E-state index is 11.5. The molecule has 4 nitrogen and oxygen atoms in total. The summed E-state index contributed by atoms with van der Waals surface area (Å²) in [6.45, 7) is 2.50. The Morgan fingerprint density at radius 1 is 1.50 bits per heavy atom. The van der Waals surface area contributed by atoms with Crippen molar-refractivity contribution in [2.75, 3.05) is 11.9 Å². The largest absolute Gasteiger partial charge is 0.383 e. The van der Waals surface area contributed by atoms with E-state index in [9.17, 15) is 4.79 Å². The van der Waals surface area contributed by atoms with Crippen LogP contribution in [0.3, 0.4) is 0 Å². The topological polar surface area (TPSA) is 64.9 Å². The predicted molar refractivity (Wildman–Crippen MR) is 70.2 cm³/mol. The van der Waals surface area contributed by atoms with Gasteiger partial charge in [-0.15, -0.1) is 0 Å². The Hall–Kier alpha value is -2.02. The summed E-state index contributed by atoms with van der Waals surface area (Å²) in [4.78, 5) is 11.5. The van der Waals surface area contributed by atoms with Gasteiger partial charge in [0.15, 0.2) is 0 Å². The van der Waals surface area contributed by atoms with E-state index in [-0.39, 0.29) is 5.91 Å². The van der Waals surface area contributed by atoms with Crippen LogP contribution in [0.25, 0.3) is 0 Å². The molecule has 4 heteroatoms. The average molecular weight is 243 g/mol. The highest BCUT2D eigenvalue weighted by molar-refractivity contribution is 5.77. The molecule has 0 spiro atoms. The first-order valence-corrected chi connectivity index (χ1v) is 6.23. The molecule has 2 rings (SSSR count). The molecule has 0 heterocycles. The summed E-state index contributed by atoms with van der Waals surface area (Å²) < 4.78 is 0. The number of carbonyl (C=O) groups is 1. The third kappa shape index (κ3) is 3.49. The molecule has 94 valence electrons. The lowest BCUT2D eigenvalue weighted by molar-refractivity contribution is -0.120. The lowest BCUT2D eigenvalue weighted by Crippen LogP contribution is -2.27. The van der Waals surface area contributed by atoms with Crippen LogP contribution in [-0.4, -0.2) is 18.5 Å². The molecule has 1 aliphatic carbocycles. The van der Waals surface area contributed by atoms with Crippen LogP contribution in [-0.2, 0) is 4.79 Å². The summed E-state index contributed by atoms with van der Waals surface area (Å²) in [5.41, 5.74) is 2.48. The molecule has 0 radical (unpaired) electrons. The normalized spacial score (nSPS) is 13.8. The fraction of sp³-hybridized carbons (Fsp3) is 0.429. The van der Waals surface area contributed by atoms with Gasteiger partial charge in [0.1, 0.15) is 6.07 Å². The van der Waals surface area contributed by atoms with Gasteiger partial charge in [0.2, 0.25) is 5.91 Å². The van der Waals surface area contributed by atoms with Gasteiger partial charge in [-0.3, -0.25) is 4.79 Å². The number of benzene rings is 1. The SMILES string of the molecule is Cc1ccc(NCCC(=O)NC2CC2)c(C#N)c1. The van der Waals surface area contributed by atoms with Crippen molar-refractivity contribution >= 4 is 11.6 Å². The summed E-state index contributed by atoms with van der Waals surface area (Å²) in [6.07, 6.45) is 2.65. The minimum atomic E-state index is 0.0793. The number of amides is 1. The van der Waals surface area contributed by atoms with Crippen LogP contribution in [0.2, 0.25) is 0 Å². The van der Waals surface area contributed by atoms with Crippen LogP contribution in [0.15, 0.2) is 18.2 Å². The van der Waals surface area contributed by atoms with Gasteiger partial charge in [-0.05, 0) is 37.5 Å². The van der Waals surface area contributed by atoms with Crippen molar-refractivity contribution in [2.24, 2.45) is 0 Å². The van der Waals surface area contributed by atoms with Crippen LogP contribution >= 0.6 is 0 Å². The lowest BCUT2D eigenvalue weighted by atomic mass is 10.1. The van der Waals surface area contributed by atoms with E-state index < -0.39 is 0 Å². The van der Waals surface area contributed by atoms with E-state index in [0.29, 0.717) is 24.6 Å². The number of hydrogen-bond acceptors (Lipinski definition) is 3. The molecule has 0 saturated heterocycles. The molecule has 0 bridgehead atoms. The molecule has 0 aliphatic heterocycles. The molecular weight excluding hydrogens is 226 g/mol. The summed E-state index contributed by atoms with van der Waals surface area (Å²) in [5, 5.41) is 15.1. The van der Waals surface area contributed by atoms with E-state index in [4.69, 9.17) is 5.26 Å². The van der Waals surface area contributed by atoms with Gasteiger partial charge >= 0.3 is 0 Å². The Balaban J connectivity index is 1.82. The third-order valence-electron chi connectivity index (χ3n) is 2.91. The third-order valence-corrected chi connectivity index (χ3v) is 2.91. The molecule has 2 N–H and O–H groups in total. The van der Waals surface area contributed by atoms with Gasteiger partial charge in [0.05, 0.1) is 11.3 Å². The highest BCUT2D eigenvalue weighted by atomic mass is 16.1. The average Bonchev–Trinajstić information content (AvgIpc) is 3.14. The van der Waals surface area contributed by atoms with E-state index in [0.717, 1.165) is 24.1 Å². The quantitative estimate of drug-likeness (QED) is 0.830. The van der Waals surface area contributed by atoms with Gasteiger partial charge in [-0.2, -0.15) is 5.26 Å². The number of nitrogens with zero attached hydrogens (tertiary/aromatic N) is 1. The molecule has 1 amide bonds. The van der Waals surface area contributed by atoms with E-state index in [1.54, 1.807) is 0 Å². The number of rotatable bonds is 5. The number of carbonyl (C=O) groups excluding carboxylic acids is 1. The zero-order valence-corrected chi connectivity index (χ0v) is 10.5. The van der Waals surface area contributed by atoms with Gasteiger partial charge in [-0.1, -0.05) is 6.07 Å². The smallest absolute Gasteiger partial charge is 0.221 e. The molecule has 0 unspecified atom stereocenters. The van der Waals surface area contributed by atoms with Crippen molar-refractivity contribution in [1.82, 2.24) is 5.32 Å². The Bertz CT molecular complexity index is 486. The number of aryl methyl sites for hydroxylation is 1. The molecule has 0 atom stereocenters. The Kier molecular flexibility index (Phi) is 3.83. The fourth-order valence-electron chi connectivity index (χ4n) is 1.74. The first kappa shape index (κ1) is 12.4. The highest BCUT2D eigenvalue weighted by Gasteiger charge is 2.22. The number of anilines is 1. The first-order chi connectivity index (χ1) is 8.69. The second-order valence-corrected chi connectivity index (χ2v) is 4.68. The van der Waals surface area contributed by atoms with Crippen molar-refractivity contribution < 1.29 is 4.79 Å². The van der Waals surface area contributed by atoms with Gasteiger partial charge in [0.25, 0.3) is 0 Å². The molecule has 1 aromatic rings. The van der Waals surface area contributed by atoms with Crippen LogP contribution < -0.4 is 10.6 Å². The Labute approximate surface area is 107 Å². The summed E-state index contributed by atoms with van der Waals surface area (Å²) in [6, 6.07) is 8.24. The van der Waals surface area contributed by atoms with Gasteiger partial charge in [0, 0.05) is 19.0 Å². The minimum absolute atomic E-state index is 0.0793. The fourth-order valence-corrected chi connectivity index (χ4v) is 1.74. The lowest BCUT2D eigenvalue weighted by Gasteiger charge is -2.09. The number of hydrogen-bond donors (Lipinski definition) is 2. The van der Waals surface area contributed by atoms with Crippen molar-refractivity contribution in [2.45, 2.75) is 32.2 Å². The first-order valence-electron chi connectivity index (χ1n) is 6.23. The van der Waals surface area contributed by atoms with E-state index in [1.807, 2.05) is 25.1 Å². The van der Waals surface area contributed by atoms with Gasteiger partial charge < -0.3 is 10.6 Å². The molecule has 1 fully saturated rings. The van der Waals surface area contributed by atoms with Crippen LogP contribution in [0.1, 0.15) is 30.4 Å². The molecule has 0 aromatic heterocycles. The summed E-state index contributed by atoms with van der Waals surface area (Å²) >= 11 is 0. The second-order valence-electron chi connectivity index (χ2n) is 4.68.